The predicted octanol–water partition coefficient (Wildman–Crippen LogP) is 1.52. The third-order valence-electron chi connectivity index (χ3n) is 1.51. The van der Waals surface area contributed by atoms with Gasteiger partial charge in [0, 0.05) is 6.42 Å². The van der Waals surface area contributed by atoms with Crippen molar-refractivity contribution in [1.29, 1.82) is 0 Å². The molecule has 0 amide bonds. The molecule has 0 fully saturated rings. The topological polar surface area (TPSA) is 37.3 Å². The van der Waals surface area contributed by atoms with E-state index in [4.69, 9.17) is 5.11 Å². The normalized spacial score (nSPS) is 13.0. The first-order valence-corrected chi connectivity index (χ1v) is 3.93. The maximum absolute atomic E-state index is 9.89. The van der Waals surface area contributed by atoms with Gasteiger partial charge in [0.25, 0.3) is 0 Å². The summed E-state index contributed by atoms with van der Waals surface area (Å²) in [5, 5.41) is 9.04. The molecule has 2 nitrogen and oxygen atoms in total. The van der Waals surface area contributed by atoms with E-state index in [0.717, 1.165) is 32.0 Å². The van der Waals surface area contributed by atoms with Crippen molar-refractivity contribution in [1.82, 2.24) is 0 Å². The van der Waals surface area contributed by atoms with Crippen molar-refractivity contribution in [3.05, 3.63) is 0 Å². The van der Waals surface area contributed by atoms with Crippen LogP contribution in [0.15, 0.2) is 0 Å². The Hall–Kier alpha value is -0.370. The number of aliphatic hydroxyl groups excluding tert-OH is 1. The Kier molecular flexibility index (Phi) is 6.50. The van der Waals surface area contributed by atoms with Crippen LogP contribution in [0, 0.1) is 0 Å². The number of hydrogen-bond donors (Lipinski definition) is 1. The fourth-order valence-electron chi connectivity index (χ4n) is 0.859. The van der Waals surface area contributed by atoms with Gasteiger partial charge >= 0.3 is 0 Å². The van der Waals surface area contributed by atoms with Crippen LogP contribution < -0.4 is 0 Å². The van der Waals surface area contributed by atoms with Crippen LogP contribution >= 0.6 is 0 Å². The first-order valence-electron chi connectivity index (χ1n) is 3.93. The highest BCUT2D eigenvalue weighted by molar-refractivity contribution is 5.49. The van der Waals surface area contributed by atoms with Crippen molar-refractivity contribution in [2.24, 2.45) is 0 Å². The Labute approximate surface area is 62.2 Å². The van der Waals surface area contributed by atoms with Gasteiger partial charge in [0.15, 0.2) is 0 Å². The number of unbranched alkanes of at least 4 members (excludes halogenated alkanes) is 2. The summed E-state index contributed by atoms with van der Waals surface area (Å²) in [6, 6.07) is 0. The second-order valence-electron chi connectivity index (χ2n) is 2.55. The molecule has 0 rings (SSSR count). The highest BCUT2D eigenvalue weighted by Crippen LogP contribution is 2.04. The molecule has 1 atom stereocenters. The molecule has 1 N–H and O–H groups in total. The summed E-state index contributed by atoms with van der Waals surface area (Å²) in [6.07, 6.45) is 4.78. The molecule has 10 heavy (non-hydrogen) atoms. The van der Waals surface area contributed by atoms with E-state index in [1.807, 2.05) is 0 Å². The van der Waals surface area contributed by atoms with E-state index in [2.05, 4.69) is 6.92 Å². The average Bonchev–Trinajstić information content (AvgIpc) is 1.89. The molecule has 0 aliphatic heterocycles. The lowest BCUT2D eigenvalue weighted by molar-refractivity contribution is -0.109. The van der Waals surface area contributed by atoms with Crippen LogP contribution in [0.25, 0.3) is 0 Å². The van der Waals surface area contributed by atoms with Crippen LogP contribution in [-0.4, -0.2) is 17.5 Å². The zero-order valence-electron chi connectivity index (χ0n) is 6.55. The molecular weight excluding hydrogens is 128 g/mol. The molecular formula is C8H16O2. The SMILES string of the molecule is CCCCC[C@@H](O)CC=O. The summed E-state index contributed by atoms with van der Waals surface area (Å²) >= 11 is 0. The van der Waals surface area contributed by atoms with E-state index in [1.165, 1.54) is 0 Å². The Morgan fingerprint density at radius 1 is 1.50 bits per heavy atom. The van der Waals surface area contributed by atoms with E-state index in [9.17, 15) is 4.79 Å². The molecule has 0 bridgehead atoms. The monoisotopic (exact) mass is 144 g/mol. The number of carbonyl (C=O) groups is 1. The van der Waals surface area contributed by atoms with Crippen molar-refractivity contribution in [3.63, 3.8) is 0 Å². The first kappa shape index (κ1) is 9.63. The standard InChI is InChI=1S/C8H16O2/c1-2-3-4-5-8(10)6-7-9/h7-8,10H,2-6H2,1H3/t8-/m1/s1. The molecule has 0 aromatic heterocycles. The lowest BCUT2D eigenvalue weighted by atomic mass is 10.1. The molecule has 0 aromatic rings. The van der Waals surface area contributed by atoms with Gasteiger partial charge in [-0.1, -0.05) is 26.2 Å². The molecule has 0 aliphatic rings. The number of aliphatic hydroxyl groups is 1. The fraction of sp³-hybridized carbons (Fsp3) is 0.875. The summed E-state index contributed by atoms with van der Waals surface area (Å²) in [6.45, 7) is 2.12. The molecule has 0 aliphatic carbocycles. The van der Waals surface area contributed by atoms with Crippen LogP contribution in [0.4, 0.5) is 0 Å². The summed E-state index contributed by atoms with van der Waals surface area (Å²) in [5.41, 5.74) is 0. The van der Waals surface area contributed by atoms with E-state index in [-0.39, 0.29) is 0 Å². The van der Waals surface area contributed by atoms with E-state index in [1.54, 1.807) is 0 Å². The van der Waals surface area contributed by atoms with Gasteiger partial charge in [-0.2, -0.15) is 0 Å². The summed E-state index contributed by atoms with van der Waals surface area (Å²) in [4.78, 5) is 9.89. The van der Waals surface area contributed by atoms with Crippen LogP contribution in [0.5, 0.6) is 0 Å². The van der Waals surface area contributed by atoms with Crippen molar-refractivity contribution in [2.75, 3.05) is 0 Å². The minimum absolute atomic E-state index is 0.295. The molecule has 0 saturated carbocycles. The van der Waals surface area contributed by atoms with Crippen molar-refractivity contribution in [2.45, 2.75) is 45.1 Å². The van der Waals surface area contributed by atoms with E-state index in [0.29, 0.717) is 6.42 Å². The highest BCUT2D eigenvalue weighted by Gasteiger charge is 2.00. The predicted molar refractivity (Wildman–Crippen MR) is 40.8 cm³/mol. The van der Waals surface area contributed by atoms with Crippen molar-refractivity contribution >= 4 is 6.29 Å². The van der Waals surface area contributed by atoms with Gasteiger partial charge in [0.05, 0.1) is 6.10 Å². The molecule has 0 aromatic carbocycles. The van der Waals surface area contributed by atoms with Gasteiger partial charge in [-0.05, 0) is 6.42 Å². The van der Waals surface area contributed by atoms with Crippen LogP contribution in [0.3, 0.4) is 0 Å². The van der Waals surface area contributed by atoms with Crippen LogP contribution in [0.1, 0.15) is 39.0 Å². The maximum Gasteiger partial charge on any atom is 0.122 e. The van der Waals surface area contributed by atoms with Gasteiger partial charge in [-0.25, -0.2) is 0 Å². The van der Waals surface area contributed by atoms with Gasteiger partial charge in [0.1, 0.15) is 6.29 Å². The molecule has 60 valence electrons. The number of hydrogen-bond acceptors (Lipinski definition) is 2. The van der Waals surface area contributed by atoms with Crippen molar-refractivity contribution < 1.29 is 9.90 Å². The smallest absolute Gasteiger partial charge is 0.122 e. The van der Waals surface area contributed by atoms with E-state index < -0.39 is 6.10 Å². The van der Waals surface area contributed by atoms with E-state index >= 15 is 0 Å². The number of aldehydes is 1. The Bertz CT molecular complexity index is 81.3. The molecule has 0 radical (unpaired) electrons. The number of rotatable bonds is 6. The van der Waals surface area contributed by atoms with Crippen LogP contribution in [0.2, 0.25) is 0 Å². The van der Waals surface area contributed by atoms with Gasteiger partial charge in [-0.15, -0.1) is 0 Å². The zero-order chi connectivity index (χ0) is 7.82. The van der Waals surface area contributed by atoms with Crippen molar-refractivity contribution in [3.8, 4) is 0 Å². The highest BCUT2D eigenvalue weighted by atomic mass is 16.3. The molecule has 0 heterocycles. The zero-order valence-corrected chi connectivity index (χ0v) is 6.55. The average molecular weight is 144 g/mol. The van der Waals surface area contributed by atoms with Gasteiger partial charge < -0.3 is 9.90 Å². The van der Waals surface area contributed by atoms with Gasteiger partial charge in [0.2, 0.25) is 0 Å². The van der Waals surface area contributed by atoms with Gasteiger partial charge in [-0.3, -0.25) is 0 Å². The summed E-state index contributed by atoms with van der Waals surface area (Å²) in [7, 11) is 0. The van der Waals surface area contributed by atoms with Crippen LogP contribution in [-0.2, 0) is 4.79 Å². The quantitative estimate of drug-likeness (QED) is 0.453. The lowest BCUT2D eigenvalue weighted by Gasteiger charge is -2.04. The second-order valence-corrected chi connectivity index (χ2v) is 2.55. The first-order chi connectivity index (χ1) is 4.81. The summed E-state index contributed by atoms with van der Waals surface area (Å²) in [5.74, 6) is 0. The molecule has 0 spiro atoms. The molecule has 2 heteroatoms. The Morgan fingerprint density at radius 2 is 2.20 bits per heavy atom. The Morgan fingerprint density at radius 3 is 2.70 bits per heavy atom. The Balaban J connectivity index is 3.04. The minimum atomic E-state index is -0.399. The molecule has 0 saturated heterocycles. The third-order valence-corrected chi connectivity index (χ3v) is 1.51. The minimum Gasteiger partial charge on any atom is -0.393 e. The number of carbonyl (C=O) groups excluding carboxylic acids is 1. The third kappa shape index (κ3) is 5.76. The lowest BCUT2D eigenvalue weighted by Crippen LogP contribution is -2.06. The fourth-order valence-corrected chi connectivity index (χ4v) is 0.859. The molecule has 0 unspecified atom stereocenters. The largest absolute Gasteiger partial charge is 0.393 e. The summed E-state index contributed by atoms with van der Waals surface area (Å²) < 4.78 is 0. The second kappa shape index (κ2) is 6.75. The maximum atomic E-state index is 9.89.